The Bertz CT molecular complexity index is 2320. The minimum Gasteiger partial charge on any atom is -0.507 e. The third-order valence-corrected chi connectivity index (χ3v) is 11.6. The van der Waals surface area contributed by atoms with Crippen LogP contribution in [0.25, 0.3) is 0 Å². The topological polar surface area (TPSA) is 323 Å². The first-order valence-corrected chi connectivity index (χ1v) is 20.5. The summed E-state index contributed by atoms with van der Waals surface area (Å²) in [5, 5.41) is 67.6. The van der Waals surface area contributed by atoms with Gasteiger partial charge in [-0.25, -0.2) is 10.2 Å². The lowest BCUT2D eigenvalue weighted by Crippen LogP contribution is -2.56. The zero-order valence-electron chi connectivity index (χ0n) is 35.5. The fourth-order valence-electron chi connectivity index (χ4n) is 8.20. The van der Waals surface area contributed by atoms with Crippen molar-refractivity contribution >= 4 is 40.7 Å². The number of aliphatic hydroxyl groups is 4. The van der Waals surface area contributed by atoms with Crippen molar-refractivity contribution < 1.29 is 78.4 Å². The van der Waals surface area contributed by atoms with Gasteiger partial charge in [0.1, 0.15) is 42.2 Å². The van der Waals surface area contributed by atoms with Crippen LogP contribution in [0.1, 0.15) is 94.7 Å². The quantitative estimate of drug-likeness (QED) is 0.0397. The molecular formula is C44H52N4O16. The summed E-state index contributed by atoms with van der Waals surface area (Å²) < 4.78 is 22.9. The zero-order chi connectivity index (χ0) is 46.8. The number of benzene rings is 3. The highest BCUT2D eigenvalue weighted by Crippen LogP contribution is 2.52. The minimum absolute atomic E-state index is 0.0385. The number of aromatic hydroxyl groups is 2. The lowest BCUT2D eigenvalue weighted by Gasteiger charge is -2.42. The van der Waals surface area contributed by atoms with Crippen LogP contribution in [0.2, 0.25) is 0 Å². The highest BCUT2D eigenvalue weighted by atomic mass is 16.7. The molecule has 1 saturated heterocycles. The molecule has 8 atom stereocenters. The van der Waals surface area contributed by atoms with Crippen molar-refractivity contribution in [2.75, 3.05) is 25.7 Å². The lowest BCUT2D eigenvalue weighted by atomic mass is 9.72. The average molecular weight is 893 g/mol. The summed E-state index contributed by atoms with van der Waals surface area (Å²) in [6, 6.07) is 7.48. The number of ketones is 5. The van der Waals surface area contributed by atoms with Crippen molar-refractivity contribution in [3.05, 3.63) is 81.4 Å². The smallest absolute Gasteiger partial charge is 0.407 e. The molecule has 6 rings (SSSR count). The SMILES string of the molecule is COc1cccc2c1C(=O)c1c(O)c3c(c(O)c1C2=O)C[C@@](O)(C(=O)CO)CC3O[C@H]1CC(NC(=O)OCc2ccc(NN[C@@H](CC(C)C)C(=O)C(=O)[C@@H](N)CO)cc2)[C@H](O)[C@H](C)O1. The van der Waals surface area contributed by atoms with E-state index < -0.39 is 132 Å². The second-order valence-electron chi connectivity index (χ2n) is 16.5. The molecule has 1 amide bonds. The van der Waals surface area contributed by atoms with Gasteiger partial charge >= 0.3 is 6.09 Å². The van der Waals surface area contributed by atoms with Crippen molar-refractivity contribution in [3.63, 3.8) is 0 Å². The maximum atomic E-state index is 14.0. The molecule has 2 unspecified atom stereocenters. The largest absolute Gasteiger partial charge is 0.507 e. The average Bonchev–Trinajstić information content (AvgIpc) is 3.27. The van der Waals surface area contributed by atoms with Crippen LogP contribution >= 0.6 is 0 Å². The van der Waals surface area contributed by atoms with Crippen molar-refractivity contribution in [2.24, 2.45) is 11.7 Å². The number of phenols is 2. The molecule has 11 N–H and O–H groups in total. The Hall–Kier alpha value is -5.84. The van der Waals surface area contributed by atoms with E-state index in [4.69, 9.17) is 24.7 Å². The van der Waals surface area contributed by atoms with E-state index in [1.807, 2.05) is 13.8 Å². The van der Waals surface area contributed by atoms with Crippen LogP contribution in [-0.4, -0.2) is 128 Å². The van der Waals surface area contributed by atoms with Crippen molar-refractivity contribution in [2.45, 2.75) is 101 Å². The van der Waals surface area contributed by atoms with Gasteiger partial charge in [-0.1, -0.05) is 38.1 Å². The van der Waals surface area contributed by atoms with Crippen LogP contribution in [0.15, 0.2) is 42.5 Å². The Morgan fingerprint density at radius 2 is 1.66 bits per heavy atom. The van der Waals surface area contributed by atoms with E-state index in [0.717, 1.165) is 0 Å². The number of nitrogens with one attached hydrogen (secondary N) is 3. The number of hydrogen-bond donors (Lipinski definition) is 10. The number of aliphatic hydroxyl groups excluding tert-OH is 3. The number of alkyl carbamates (subject to hydrolysis) is 1. The van der Waals surface area contributed by atoms with Crippen molar-refractivity contribution in [1.82, 2.24) is 10.7 Å². The van der Waals surface area contributed by atoms with E-state index in [1.165, 1.54) is 32.2 Å². The summed E-state index contributed by atoms with van der Waals surface area (Å²) in [7, 11) is 1.29. The maximum Gasteiger partial charge on any atom is 0.407 e. The summed E-state index contributed by atoms with van der Waals surface area (Å²) in [6.07, 6.45) is -7.28. The summed E-state index contributed by atoms with van der Waals surface area (Å²) in [6.45, 7) is 3.25. The van der Waals surface area contributed by atoms with Gasteiger partial charge in [0.05, 0.1) is 60.7 Å². The van der Waals surface area contributed by atoms with E-state index in [0.29, 0.717) is 17.7 Å². The molecule has 344 valence electrons. The number of anilines is 1. The molecule has 0 bridgehead atoms. The molecule has 1 heterocycles. The Kier molecular flexibility index (Phi) is 14.5. The number of fused-ring (bicyclic) bond motifs is 3. The molecule has 20 heteroatoms. The number of Topliss-reactive ketones (excluding diaryl/α,β-unsaturated/α-hetero) is 3. The van der Waals surface area contributed by atoms with Gasteiger partial charge in [-0.2, -0.15) is 0 Å². The van der Waals surface area contributed by atoms with Gasteiger partial charge in [0.25, 0.3) is 0 Å². The predicted octanol–water partition coefficient (Wildman–Crippen LogP) is 0.758. The normalized spacial score (nSPS) is 23.6. The van der Waals surface area contributed by atoms with Gasteiger partial charge in [0.15, 0.2) is 17.9 Å². The van der Waals surface area contributed by atoms with Gasteiger partial charge in [0.2, 0.25) is 17.3 Å². The second kappa shape index (κ2) is 19.5. The van der Waals surface area contributed by atoms with Crippen LogP contribution in [0.5, 0.6) is 17.2 Å². The molecule has 64 heavy (non-hydrogen) atoms. The molecule has 3 aliphatic rings. The molecule has 1 aliphatic heterocycles. The van der Waals surface area contributed by atoms with Gasteiger partial charge in [-0.05, 0) is 43.0 Å². The summed E-state index contributed by atoms with van der Waals surface area (Å²) in [5.41, 5.74) is 8.07. The number of amides is 1. The number of phenolic OH excluding ortho intramolecular Hbond substituents is 2. The molecule has 0 aromatic heterocycles. The molecular weight excluding hydrogens is 840 g/mol. The van der Waals surface area contributed by atoms with Gasteiger partial charge in [-0.3, -0.25) is 24.0 Å². The fourth-order valence-corrected chi connectivity index (χ4v) is 8.20. The first kappa shape index (κ1) is 47.6. The number of nitrogens with two attached hydrogens (primary N) is 1. The molecule has 3 aromatic carbocycles. The first-order chi connectivity index (χ1) is 30.3. The number of carbonyl (C=O) groups is 6. The van der Waals surface area contributed by atoms with E-state index in [9.17, 15) is 59.4 Å². The lowest BCUT2D eigenvalue weighted by molar-refractivity contribution is -0.249. The standard InChI is InChI=1S/C44H52N4O16/c1-19(2)12-27(40(56)39(55)25(45)16-49)48-47-22-10-8-21(9-11-22)18-62-43(59)46-26-13-31(63-20(3)36(26)52)64-29-15-44(60,30(51)17-50)14-24-33(29)42(58)35-34(38(24)54)37(53)23-6-5-7-28(61-4)32(23)41(35)57/h5-11,19-20,25-27,29,31,36,47-50,52,54,58,60H,12-18,45H2,1-4H3,(H,46,59)/t20-,25-,26?,27-,29?,31-,36+,44-/m0/s1. The predicted molar refractivity (Wildman–Crippen MR) is 222 cm³/mol. The summed E-state index contributed by atoms with van der Waals surface area (Å²) >= 11 is 0. The van der Waals surface area contributed by atoms with E-state index in [1.54, 1.807) is 24.3 Å². The molecule has 1 fully saturated rings. The van der Waals surface area contributed by atoms with Gasteiger partial charge < -0.3 is 66.1 Å². The third kappa shape index (κ3) is 9.49. The van der Waals surface area contributed by atoms with Crippen LogP contribution in [0, 0.1) is 5.92 Å². The minimum atomic E-state index is -2.38. The third-order valence-electron chi connectivity index (χ3n) is 11.6. The summed E-state index contributed by atoms with van der Waals surface area (Å²) in [4.78, 5) is 78.9. The number of hydrazine groups is 1. The van der Waals surface area contributed by atoms with Crippen molar-refractivity contribution in [3.8, 4) is 17.2 Å². The number of ether oxygens (including phenoxy) is 4. The number of rotatable bonds is 17. The fraction of sp³-hybridized carbons (Fsp3) is 0.455. The molecule has 0 radical (unpaired) electrons. The highest BCUT2D eigenvalue weighted by Gasteiger charge is 2.50. The molecule has 20 nitrogen and oxygen atoms in total. The van der Waals surface area contributed by atoms with Crippen LogP contribution in [0.4, 0.5) is 10.5 Å². The highest BCUT2D eigenvalue weighted by molar-refractivity contribution is 6.41. The Balaban J connectivity index is 1.15. The number of methoxy groups -OCH3 is 1. The second-order valence-corrected chi connectivity index (χ2v) is 16.5. The molecule has 3 aromatic rings. The Morgan fingerprint density at radius 1 is 0.969 bits per heavy atom. The number of hydrogen-bond acceptors (Lipinski definition) is 19. The van der Waals surface area contributed by atoms with E-state index in [-0.39, 0.29) is 46.9 Å². The van der Waals surface area contributed by atoms with Gasteiger partial charge in [-0.15, -0.1) is 0 Å². The number of carbonyl (C=O) groups excluding carboxylic acids is 6. The summed E-state index contributed by atoms with van der Waals surface area (Å²) in [5.74, 6) is -5.87. The van der Waals surface area contributed by atoms with E-state index >= 15 is 0 Å². The molecule has 0 saturated carbocycles. The Morgan fingerprint density at radius 3 is 2.30 bits per heavy atom. The zero-order valence-corrected chi connectivity index (χ0v) is 35.5. The molecule has 0 spiro atoms. The van der Waals surface area contributed by atoms with Crippen LogP contribution in [-0.2, 0) is 41.6 Å². The van der Waals surface area contributed by atoms with Crippen LogP contribution < -0.4 is 26.6 Å². The molecule has 2 aliphatic carbocycles. The Labute approximate surface area is 366 Å². The maximum absolute atomic E-state index is 14.0. The first-order valence-electron chi connectivity index (χ1n) is 20.5. The van der Waals surface area contributed by atoms with E-state index in [2.05, 4.69) is 16.2 Å². The van der Waals surface area contributed by atoms with Crippen molar-refractivity contribution in [1.29, 1.82) is 0 Å². The monoisotopic (exact) mass is 892 g/mol. The van der Waals surface area contributed by atoms with Gasteiger partial charge in [0, 0.05) is 41.6 Å². The van der Waals surface area contributed by atoms with Crippen LogP contribution in [0.3, 0.4) is 0 Å².